The molecule has 2 rings (SSSR count). The van der Waals surface area contributed by atoms with E-state index in [-0.39, 0.29) is 12.5 Å². The van der Waals surface area contributed by atoms with Crippen LogP contribution >= 0.6 is 0 Å². The van der Waals surface area contributed by atoms with Gasteiger partial charge in [-0.2, -0.15) is 0 Å². The number of nitrogens with one attached hydrogen (secondary N) is 1. The molecule has 1 heterocycles. The van der Waals surface area contributed by atoms with E-state index in [1.54, 1.807) is 0 Å². The van der Waals surface area contributed by atoms with Crippen LogP contribution in [0.15, 0.2) is 24.3 Å². The Balaban J connectivity index is 1.61. The summed E-state index contributed by atoms with van der Waals surface area (Å²) >= 11 is 0. The lowest BCUT2D eigenvalue weighted by Crippen LogP contribution is -2.26. The van der Waals surface area contributed by atoms with Crippen LogP contribution in [0.1, 0.15) is 18.4 Å². The Bertz CT molecular complexity index is 414. The molecule has 1 fully saturated rings. The Morgan fingerprint density at radius 2 is 2.16 bits per heavy atom. The lowest BCUT2D eigenvalue weighted by Gasteiger charge is -2.14. The van der Waals surface area contributed by atoms with E-state index in [1.807, 2.05) is 31.2 Å². The number of carbonyl (C=O) groups is 1. The molecule has 1 saturated heterocycles. The Kier molecular flexibility index (Phi) is 5.36. The quantitative estimate of drug-likeness (QED) is 0.798. The van der Waals surface area contributed by atoms with Gasteiger partial charge in [0, 0.05) is 12.2 Å². The highest BCUT2D eigenvalue weighted by molar-refractivity contribution is 5.91. The van der Waals surface area contributed by atoms with E-state index in [2.05, 4.69) is 10.2 Å². The monoisotopic (exact) mass is 262 g/mol. The smallest absolute Gasteiger partial charge is 0.250 e. The Hall–Kier alpha value is -1.39. The second kappa shape index (κ2) is 7.26. The van der Waals surface area contributed by atoms with Crippen molar-refractivity contribution in [2.75, 3.05) is 38.2 Å². The molecule has 104 valence electrons. The summed E-state index contributed by atoms with van der Waals surface area (Å²) in [6.07, 6.45) is 2.57. The number of benzene rings is 1. The molecule has 4 nitrogen and oxygen atoms in total. The van der Waals surface area contributed by atoms with Gasteiger partial charge in [-0.05, 0) is 50.6 Å². The molecule has 1 aromatic carbocycles. The van der Waals surface area contributed by atoms with E-state index in [1.165, 1.54) is 25.9 Å². The maximum atomic E-state index is 11.7. The van der Waals surface area contributed by atoms with Crippen LogP contribution in [0.3, 0.4) is 0 Å². The number of anilines is 1. The zero-order valence-electron chi connectivity index (χ0n) is 11.5. The third-order valence-electron chi connectivity index (χ3n) is 3.29. The minimum absolute atomic E-state index is 0.0907. The first kappa shape index (κ1) is 14.0. The summed E-state index contributed by atoms with van der Waals surface area (Å²) in [6, 6.07) is 7.76. The van der Waals surface area contributed by atoms with Gasteiger partial charge in [0.1, 0.15) is 6.61 Å². The fraction of sp³-hybridized carbons (Fsp3) is 0.533. The summed E-state index contributed by atoms with van der Waals surface area (Å²) in [5.41, 5.74) is 1.96. The summed E-state index contributed by atoms with van der Waals surface area (Å²) in [5, 5.41) is 2.83. The first-order valence-electron chi connectivity index (χ1n) is 6.91. The molecule has 4 heteroatoms. The second-order valence-electron chi connectivity index (χ2n) is 5.02. The van der Waals surface area contributed by atoms with Crippen LogP contribution in [0.5, 0.6) is 0 Å². The van der Waals surface area contributed by atoms with Crippen molar-refractivity contribution in [3.05, 3.63) is 29.8 Å². The fourth-order valence-electron chi connectivity index (χ4n) is 2.28. The van der Waals surface area contributed by atoms with Crippen LogP contribution in [0.25, 0.3) is 0 Å². The molecule has 1 aliphatic heterocycles. The third kappa shape index (κ3) is 5.01. The molecule has 1 amide bonds. The Morgan fingerprint density at radius 3 is 2.89 bits per heavy atom. The van der Waals surface area contributed by atoms with Crippen LogP contribution in [0.2, 0.25) is 0 Å². The van der Waals surface area contributed by atoms with Gasteiger partial charge in [0.15, 0.2) is 0 Å². The van der Waals surface area contributed by atoms with Gasteiger partial charge < -0.3 is 15.0 Å². The van der Waals surface area contributed by atoms with Gasteiger partial charge in [0.25, 0.3) is 0 Å². The fourth-order valence-corrected chi connectivity index (χ4v) is 2.28. The molecule has 0 spiro atoms. The van der Waals surface area contributed by atoms with E-state index in [0.29, 0.717) is 6.61 Å². The molecule has 0 aromatic heterocycles. The van der Waals surface area contributed by atoms with Gasteiger partial charge in [-0.1, -0.05) is 12.1 Å². The number of likely N-dealkylation sites (tertiary alicyclic amines) is 1. The first-order valence-corrected chi connectivity index (χ1v) is 6.91. The molecule has 0 atom stereocenters. The van der Waals surface area contributed by atoms with Crippen LogP contribution in [0.4, 0.5) is 5.69 Å². The van der Waals surface area contributed by atoms with Crippen molar-refractivity contribution >= 4 is 11.6 Å². The Labute approximate surface area is 114 Å². The van der Waals surface area contributed by atoms with Crippen molar-refractivity contribution in [3.63, 3.8) is 0 Å². The summed E-state index contributed by atoms with van der Waals surface area (Å²) in [6.45, 7) is 6.01. The molecule has 0 aliphatic carbocycles. The average Bonchev–Trinajstić information content (AvgIpc) is 2.88. The largest absolute Gasteiger partial charge is 0.370 e. The van der Waals surface area contributed by atoms with Crippen molar-refractivity contribution < 1.29 is 9.53 Å². The third-order valence-corrected chi connectivity index (χ3v) is 3.29. The van der Waals surface area contributed by atoms with Crippen molar-refractivity contribution in [3.8, 4) is 0 Å². The summed E-state index contributed by atoms with van der Waals surface area (Å²) in [7, 11) is 0. The first-order chi connectivity index (χ1) is 9.24. The number of rotatable bonds is 6. The number of hydrogen-bond acceptors (Lipinski definition) is 3. The topological polar surface area (TPSA) is 41.6 Å². The average molecular weight is 262 g/mol. The van der Waals surface area contributed by atoms with Gasteiger partial charge in [-0.3, -0.25) is 4.79 Å². The highest BCUT2D eigenvalue weighted by Crippen LogP contribution is 2.09. The van der Waals surface area contributed by atoms with Gasteiger partial charge in [-0.15, -0.1) is 0 Å². The molecule has 0 saturated carbocycles. The van der Waals surface area contributed by atoms with Gasteiger partial charge in [-0.25, -0.2) is 0 Å². The zero-order valence-corrected chi connectivity index (χ0v) is 11.5. The molecule has 0 unspecified atom stereocenters. The Morgan fingerprint density at radius 1 is 1.37 bits per heavy atom. The number of nitrogens with zero attached hydrogens (tertiary/aromatic N) is 1. The minimum atomic E-state index is -0.0907. The molecule has 19 heavy (non-hydrogen) atoms. The normalized spacial score (nSPS) is 15.6. The molecule has 0 radical (unpaired) electrons. The second-order valence-corrected chi connectivity index (χ2v) is 5.02. The number of ether oxygens (including phenoxy) is 1. The van der Waals surface area contributed by atoms with Crippen molar-refractivity contribution in [2.24, 2.45) is 0 Å². The highest BCUT2D eigenvalue weighted by atomic mass is 16.5. The van der Waals surface area contributed by atoms with Crippen LogP contribution in [-0.2, 0) is 9.53 Å². The van der Waals surface area contributed by atoms with Gasteiger partial charge in [0.2, 0.25) is 5.91 Å². The van der Waals surface area contributed by atoms with E-state index in [0.717, 1.165) is 17.8 Å². The van der Waals surface area contributed by atoms with E-state index in [4.69, 9.17) is 4.74 Å². The van der Waals surface area contributed by atoms with E-state index >= 15 is 0 Å². The number of hydrogen-bond donors (Lipinski definition) is 1. The molecule has 1 N–H and O–H groups in total. The summed E-state index contributed by atoms with van der Waals surface area (Å²) < 4.78 is 5.41. The molecule has 1 aromatic rings. The number of amides is 1. The summed E-state index contributed by atoms with van der Waals surface area (Å²) in [5.74, 6) is -0.0907. The zero-order chi connectivity index (χ0) is 13.5. The standard InChI is InChI=1S/C15H22N2O2/c1-13-5-4-6-14(11-13)16-15(18)12-19-10-9-17-7-2-3-8-17/h4-6,11H,2-3,7-10,12H2,1H3,(H,16,18). The lowest BCUT2D eigenvalue weighted by atomic mass is 10.2. The maximum Gasteiger partial charge on any atom is 0.250 e. The molecule has 0 bridgehead atoms. The van der Waals surface area contributed by atoms with Gasteiger partial charge >= 0.3 is 0 Å². The SMILES string of the molecule is Cc1cccc(NC(=O)COCCN2CCCC2)c1. The number of carbonyl (C=O) groups excluding carboxylic acids is 1. The van der Waals surface area contributed by atoms with Crippen LogP contribution in [0, 0.1) is 6.92 Å². The maximum absolute atomic E-state index is 11.7. The van der Waals surface area contributed by atoms with E-state index < -0.39 is 0 Å². The minimum Gasteiger partial charge on any atom is -0.370 e. The molecular formula is C15H22N2O2. The molecular weight excluding hydrogens is 240 g/mol. The van der Waals surface area contributed by atoms with Crippen molar-refractivity contribution in [2.45, 2.75) is 19.8 Å². The predicted octanol–water partition coefficient (Wildman–Crippen LogP) is 2.05. The van der Waals surface area contributed by atoms with Crippen molar-refractivity contribution in [1.82, 2.24) is 4.90 Å². The van der Waals surface area contributed by atoms with Crippen LogP contribution < -0.4 is 5.32 Å². The van der Waals surface area contributed by atoms with Gasteiger partial charge in [0.05, 0.1) is 6.61 Å². The predicted molar refractivity (Wildman–Crippen MR) is 76.3 cm³/mol. The van der Waals surface area contributed by atoms with Crippen molar-refractivity contribution in [1.29, 1.82) is 0 Å². The molecule has 1 aliphatic rings. The van der Waals surface area contributed by atoms with Crippen LogP contribution in [-0.4, -0.2) is 43.7 Å². The number of aryl methyl sites for hydroxylation is 1. The highest BCUT2D eigenvalue weighted by Gasteiger charge is 2.10. The van der Waals surface area contributed by atoms with E-state index in [9.17, 15) is 4.79 Å². The lowest BCUT2D eigenvalue weighted by molar-refractivity contribution is -0.120. The summed E-state index contributed by atoms with van der Waals surface area (Å²) in [4.78, 5) is 14.0.